The molecule has 1 aromatic rings. The summed E-state index contributed by atoms with van der Waals surface area (Å²) < 4.78 is 5.56. The SMILES string of the molecule is C=CC(=O)NC[N+](C)(CCOC(=O)C=C)Cc1ccccc1. The number of hydrogen-bond acceptors (Lipinski definition) is 3. The summed E-state index contributed by atoms with van der Waals surface area (Å²) in [5.41, 5.74) is 1.15. The molecule has 0 aliphatic heterocycles. The fraction of sp³-hybridized carbons (Fsp3) is 0.294. The van der Waals surface area contributed by atoms with E-state index in [-0.39, 0.29) is 12.5 Å². The van der Waals surface area contributed by atoms with Crippen molar-refractivity contribution >= 4 is 11.9 Å². The lowest BCUT2D eigenvalue weighted by molar-refractivity contribution is -0.924. The van der Waals surface area contributed by atoms with Crippen LogP contribution in [0.2, 0.25) is 0 Å². The Balaban J connectivity index is 2.69. The molecule has 0 saturated carbocycles. The van der Waals surface area contributed by atoms with Gasteiger partial charge in [0, 0.05) is 11.6 Å². The van der Waals surface area contributed by atoms with E-state index in [1.165, 1.54) is 6.08 Å². The largest absolute Gasteiger partial charge is 0.457 e. The predicted molar refractivity (Wildman–Crippen MR) is 85.6 cm³/mol. The van der Waals surface area contributed by atoms with E-state index < -0.39 is 5.97 Å². The van der Waals surface area contributed by atoms with Gasteiger partial charge in [0.15, 0.2) is 6.67 Å². The maximum Gasteiger partial charge on any atom is 0.330 e. The van der Waals surface area contributed by atoms with Crippen LogP contribution >= 0.6 is 0 Å². The highest BCUT2D eigenvalue weighted by Crippen LogP contribution is 2.11. The maximum atomic E-state index is 11.4. The van der Waals surface area contributed by atoms with E-state index in [1.54, 1.807) is 0 Å². The molecule has 0 saturated heterocycles. The Morgan fingerprint density at radius 2 is 1.91 bits per heavy atom. The zero-order chi connectivity index (χ0) is 16.4. The highest BCUT2D eigenvalue weighted by atomic mass is 16.5. The zero-order valence-corrected chi connectivity index (χ0v) is 13.0. The van der Waals surface area contributed by atoms with Gasteiger partial charge in [0.25, 0.3) is 0 Å². The van der Waals surface area contributed by atoms with Gasteiger partial charge in [-0.15, -0.1) is 0 Å². The number of benzene rings is 1. The number of hydrogen-bond donors (Lipinski definition) is 1. The number of esters is 1. The lowest BCUT2D eigenvalue weighted by Gasteiger charge is -2.34. The van der Waals surface area contributed by atoms with Gasteiger partial charge in [-0.2, -0.15) is 0 Å². The first-order valence-corrected chi connectivity index (χ1v) is 7.06. The molecule has 0 bridgehead atoms. The van der Waals surface area contributed by atoms with Gasteiger partial charge < -0.3 is 14.5 Å². The second kappa shape index (κ2) is 8.79. The molecule has 0 fully saturated rings. The molecule has 5 heteroatoms. The third kappa shape index (κ3) is 6.37. The molecule has 1 aromatic carbocycles. The van der Waals surface area contributed by atoms with Crippen molar-refractivity contribution in [1.29, 1.82) is 0 Å². The second-order valence-electron chi connectivity index (χ2n) is 5.26. The van der Waals surface area contributed by atoms with Crippen LogP contribution in [0.1, 0.15) is 5.56 Å². The third-order valence-electron chi connectivity index (χ3n) is 3.27. The van der Waals surface area contributed by atoms with Gasteiger partial charge >= 0.3 is 5.97 Å². The average Bonchev–Trinajstić information content (AvgIpc) is 2.53. The molecule has 1 N–H and O–H groups in total. The summed E-state index contributed by atoms with van der Waals surface area (Å²) in [6, 6.07) is 9.96. The average molecular weight is 303 g/mol. The van der Waals surface area contributed by atoms with Crippen molar-refractivity contribution in [3.63, 3.8) is 0 Å². The van der Waals surface area contributed by atoms with E-state index in [0.717, 1.165) is 11.6 Å². The summed E-state index contributed by atoms with van der Waals surface area (Å²) in [5.74, 6) is -0.665. The molecule has 0 aliphatic carbocycles. The van der Waals surface area contributed by atoms with Crippen LogP contribution in [0.4, 0.5) is 0 Å². The number of rotatable bonds is 9. The highest BCUT2D eigenvalue weighted by Gasteiger charge is 2.23. The first-order valence-electron chi connectivity index (χ1n) is 7.06. The van der Waals surface area contributed by atoms with Gasteiger partial charge in [0.2, 0.25) is 5.91 Å². The minimum atomic E-state index is -0.443. The number of nitrogens with one attached hydrogen (secondary N) is 1. The third-order valence-corrected chi connectivity index (χ3v) is 3.27. The van der Waals surface area contributed by atoms with E-state index >= 15 is 0 Å². The maximum absolute atomic E-state index is 11.4. The topological polar surface area (TPSA) is 55.4 Å². The molecule has 0 aliphatic rings. The summed E-state index contributed by atoms with van der Waals surface area (Å²) in [5, 5.41) is 2.80. The van der Waals surface area contributed by atoms with Crippen LogP contribution in [0.25, 0.3) is 0 Å². The quantitative estimate of drug-likeness (QED) is 0.326. The monoisotopic (exact) mass is 303 g/mol. The Morgan fingerprint density at radius 3 is 2.50 bits per heavy atom. The van der Waals surface area contributed by atoms with Gasteiger partial charge in [-0.25, -0.2) is 4.79 Å². The molecule has 1 rings (SSSR count). The van der Waals surface area contributed by atoms with Crippen LogP contribution in [0, 0.1) is 0 Å². The lowest BCUT2D eigenvalue weighted by atomic mass is 10.2. The van der Waals surface area contributed by atoms with Crippen molar-refractivity contribution in [1.82, 2.24) is 5.32 Å². The van der Waals surface area contributed by atoms with E-state index in [4.69, 9.17) is 4.74 Å². The molecular formula is C17H23N2O3+. The van der Waals surface area contributed by atoms with Crippen molar-refractivity contribution in [3.05, 3.63) is 61.2 Å². The lowest BCUT2D eigenvalue weighted by Crippen LogP contribution is -2.52. The summed E-state index contributed by atoms with van der Waals surface area (Å²) in [6.45, 7) is 8.78. The van der Waals surface area contributed by atoms with Crippen molar-refractivity contribution in [2.75, 3.05) is 26.9 Å². The summed E-state index contributed by atoms with van der Waals surface area (Å²) in [6.07, 6.45) is 2.38. The Labute approximate surface area is 131 Å². The summed E-state index contributed by atoms with van der Waals surface area (Å²) >= 11 is 0. The second-order valence-corrected chi connectivity index (χ2v) is 5.26. The summed E-state index contributed by atoms with van der Waals surface area (Å²) in [7, 11) is 2.00. The smallest absolute Gasteiger partial charge is 0.330 e. The van der Waals surface area contributed by atoms with Crippen molar-refractivity contribution < 1.29 is 18.8 Å². The molecule has 5 nitrogen and oxygen atoms in total. The van der Waals surface area contributed by atoms with Crippen molar-refractivity contribution in [2.45, 2.75) is 6.54 Å². The minimum absolute atomic E-state index is 0.222. The Morgan fingerprint density at radius 1 is 1.23 bits per heavy atom. The number of ether oxygens (including phenoxy) is 1. The molecule has 0 heterocycles. The van der Waals surface area contributed by atoms with E-state index in [1.807, 2.05) is 37.4 Å². The van der Waals surface area contributed by atoms with Crippen molar-refractivity contribution in [3.8, 4) is 0 Å². The minimum Gasteiger partial charge on any atom is -0.457 e. The zero-order valence-electron chi connectivity index (χ0n) is 13.0. The first-order chi connectivity index (χ1) is 10.5. The molecule has 0 radical (unpaired) electrons. The number of carbonyl (C=O) groups is 2. The number of carbonyl (C=O) groups excluding carboxylic acids is 2. The van der Waals surface area contributed by atoms with Crippen molar-refractivity contribution in [2.24, 2.45) is 0 Å². The number of nitrogens with zero attached hydrogens (tertiary/aromatic N) is 1. The highest BCUT2D eigenvalue weighted by molar-refractivity contribution is 5.86. The molecular weight excluding hydrogens is 280 g/mol. The van der Waals surface area contributed by atoms with Gasteiger partial charge in [0.1, 0.15) is 19.7 Å². The molecule has 0 aromatic heterocycles. The predicted octanol–water partition coefficient (Wildman–Crippen LogP) is 1.62. The first kappa shape index (κ1) is 17.7. The van der Waals surface area contributed by atoms with Gasteiger partial charge in [0.05, 0.1) is 7.05 Å². The molecule has 1 atom stereocenters. The van der Waals surface area contributed by atoms with Gasteiger partial charge in [-0.1, -0.05) is 43.5 Å². The van der Waals surface area contributed by atoms with E-state index in [0.29, 0.717) is 24.2 Å². The van der Waals surface area contributed by atoms with Crippen LogP contribution < -0.4 is 5.32 Å². The Bertz CT molecular complexity index is 528. The molecule has 118 valence electrons. The van der Waals surface area contributed by atoms with Gasteiger partial charge in [-0.3, -0.25) is 4.79 Å². The van der Waals surface area contributed by atoms with Gasteiger partial charge in [-0.05, 0) is 6.08 Å². The van der Waals surface area contributed by atoms with E-state index in [2.05, 4.69) is 18.5 Å². The standard InChI is InChI=1S/C17H22N2O3/c1-4-16(20)18-14-19(3,11-12-22-17(21)5-2)13-15-9-7-6-8-10-15/h4-10H,1-2,11-14H2,3H3/p+1. The van der Waals surface area contributed by atoms with E-state index in [9.17, 15) is 9.59 Å². The fourth-order valence-corrected chi connectivity index (χ4v) is 2.00. The molecule has 22 heavy (non-hydrogen) atoms. The fourth-order valence-electron chi connectivity index (χ4n) is 2.00. The Hall–Kier alpha value is -2.40. The Kier molecular flexibility index (Phi) is 7.05. The summed E-state index contributed by atoms with van der Waals surface area (Å²) in [4.78, 5) is 22.5. The number of likely N-dealkylation sites (N-methyl/N-ethyl adjacent to an activating group) is 1. The van der Waals surface area contributed by atoms with Crippen LogP contribution in [0.5, 0.6) is 0 Å². The van der Waals surface area contributed by atoms with Crippen LogP contribution in [-0.4, -0.2) is 43.2 Å². The molecule has 1 unspecified atom stereocenters. The van der Waals surface area contributed by atoms with Crippen LogP contribution in [-0.2, 0) is 20.9 Å². The molecule has 0 spiro atoms. The number of amides is 1. The normalized spacial score (nSPS) is 12.8. The molecule has 1 amide bonds. The number of quaternary nitrogens is 1. The van der Waals surface area contributed by atoms with Crippen LogP contribution in [0.15, 0.2) is 55.6 Å². The van der Waals surface area contributed by atoms with Crippen LogP contribution in [0.3, 0.4) is 0 Å².